The van der Waals surface area contributed by atoms with Crippen molar-refractivity contribution in [3.63, 3.8) is 0 Å². The number of nitrogens with zero attached hydrogens (tertiary/aromatic N) is 4. The molecule has 4 aromatic rings. The van der Waals surface area contributed by atoms with Gasteiger partial charge in [0.1, 0.15) is 6.04 Å². The van der Waals surface area contributed by atoms with E-state index in [2.05, 4.69) is 63.3 Å². The molecule has 1 aliphatic heterocycles. The van der Waals surface area contributed by atoms with Crippen molar-refractivity contribution in [2.45, 2.75) is 6.04 Å². The number of anilines is 1. The van der Waals surface area contributed by atoms with Gasteiger partial charge in [-0.1, -0.05) is 89.5 Å². The third-order valence-corrected chi connectivity index (χ3v) is 5.20. The first-order valence-electron chi connectivity index (χ1n) is 8.96. The van der Waals surface area contributed by atoms with Crippen LogP contribution >= 0.6 is 11.6 Å². The molecule has 1 unspecified atom stereocenters. The molecule has 28 heavy (non-hydrogen) atoms. The molecule has 2 heterocycles. The zero-order valence-corrected chi connectivity index (χ0v) is 15.6. The molecule has 0 spiro atoms. The van der Waals surface area contributed by atoms with E-state index in [0.29, 0.717) is 11.0 Å². The predicted molar refractivity (Wildman–Crippen MR) is 111 cm³/mol. The minimum absolute atomic E-state index is 0.177. The second-order valence-corrected chi connectivity index (χ2v) is 6.97. The number of hydrogen-bond acceptors (Lipinski definition) is 4. The Hall–Kier alpha value is -3.44. The molecule has 1 atom stereocenters. The highest BCUT2D eigenvalue weighted by Gasteiger charge is 2.25. The van der Waals surface area contributed by atoms with Gasteiger partial charge < -0.3 is 5.32 Å². The third kappa shape index (κ3) is 2.96. The Bertz CT molecular complexity index is 1150. The summed E-state index contributed by atoms with van der Waals surface area (Å²) in [6.07, 6.45) is 2.10. The summed E-state index contributed by atoms with van der Waals surface area (Å²) in [6.45, 7) is 0. The van der Waals surface area contributed by atoms with Gasteiger partial charge in [0.05, 0.1) is 0 Å². The van der Waals surface area contributed by atoms with E-state index in [1.807, 2.05) is 42.5 Å². The number of allylic oxidation sites excluding steroid dienone is 1. The molecule has 0 aliphatic carbocycles. The number of aromatic nitrogens is 4. The van der Waals surface area contributed by atoms with Crippen molar-refractivity contribution in [3.05, 3.63) is 101 Å². The SMILES string of the molecule is Clc1ccccc1C1C=C(c2ccc(-c3ccccc3)cc2)Nc2nnnn21. The van der Waals surface area contributed by atoms with Crippen molar-refractivity contribution in [1.82, 2.24) is 20.2 Å². The molecule has 0 amide bonds. The number of nitrogens with one attached hydrogen (secondary N) is 1. The van der Waals surface area contributed by atoms with E-state index in [1.165, 1.54) is 11.1 Å². The average molecular weight is 386 g/mol. The van der Waals surface area contributed by atoms with E-state index < -0.39 is 0 Å². The van der Waals surface area contributed by atoms with Gasteiger partial charge in [0.25, 0.3) is 0 Å². The van der Waals surface area contributed by atoms with E-state index in [9.17, 15) is 0 Å². The molecule has 1 aliphatic rings. The van der Waals surface area contributed by atoms with Crippen LogP contribution in [0.5, 0.6) is 0 Å². The zero-order valence-electron chi connectivity index (χ0n) is 14.8. The van der Waals surface area contributed by atoms with Crippen LogP contribution in [0, 0.1) is 0 Å². The molecule has 6 heteroatoms. The van der Waals surface area contributed by atoms with E-state index in [0.717, 1.165) is 16.8 Å². The van der Waals surface area contributed by atoms with Crippen molar-refractivity contribution in [2.24, 2.45) is 0 Å². The Morgan fingerprint density at radius 3 is 2.25 bits per heavy atom. The molecule has 0 bridgehead atoms. The smallest absolute Gasteiger partial charge is 0.248 e. The fraction of sp³-hybridized carbons (Fsp3) is 0.0455. The fourth-order valence-corrected chi connectivity index (χ4v) is 3.68. The highest BCUT2D eigenvalue weighted by molar-refractivity contribution is 6.31. The molecule has 5 nitrogen and oxygen atoms in total. The average Bonchev–Trinajstić information content (AvgIpc) is 3.23. The van der Waals surface area contributed by atoms with Gasteiger partial charge in [-0.2, -0.15) is 4.68 Å². The summed E-state index contributed by atoms with van der Waals surface area (Å²) >= 11 is 6.44. The maximum absolute atomic E-state index is 6.44. The number of fused-ring (bicyclic) bond motifs is 1. The fourth-order valence-electron chi connectivity index (χ4n) is 3.43. The molecular formula is C22H16ClN5. The van der Waals surface area contributed by atoms with Crippen LogP contribution < -0.4 is 5.32 Å². The van der Waals surface area contributed by atoms with Gasteiger partial charge >= 0.3 is 0 Å². The Balaban J connectivity index is 1.54. The lowest BCUT2D eigenvalue weighted by molar-refractivity contribution is 0.586. The van der Waals surface area contributed by atoms with Crippen LogP contribution in [-0.4, -0.2) is 20.2 Å². The molecule has 0 saturated carbocycles. The number of rotatable bonds is 3. The second-order valence-electron chi connectivity index (χ2n) is 6.56. The first kappa shape index (κ1) is 16.7. The maximum Gasteiger partial charge on any atom is 0.248 e. The van der Waals surface area contributed by atoms with Gasteiger partial charge in [0.15, 0.2) is 0 Å². The van der Waals surface area contributed by atoms with Gasteiger partial charge in [-0.05, 0) is 44.8 Å². The van der Waals surface area contributed by atoms with Crippen molar-refractivity contribution in [1.29, 1.82) is 0 Å². The minimum atomic E-state index is -0.177. The topological polar surface area (TPSA) is 55.6 Å². The normalized spacial score (nSPS) is 15.5. The first-order valence-corrected chi connectivity index (χ1v) is 9.34. The van der Waals surface area contributed by atoms with Crippen LogP contribution in [0.15, 0.2) is 84.9 Å². The molecule has 1 aromatic heterocycles. The van der Waals surface area contributed by atoms with Crippen LogP contribution in [0.25, 0.3) is 16.8 Å². The lowest BCUT2D eigenvalue weighted by atomic mass is 9.99. The molecule has 3 aromatic carbocycles. The Kier molecular flexibility index (Phi) is 4.14. The highest BCUT2D eigenvalue weighted by Crippen LogP contribution is 2.35. The molecular weight excluding hydrogens is 370 g/mol. The van der Waals surface area contributed by atoms with E-state index in [4.69, 9.17) is 11.6 Å². The number of tetrazole rings is 1. The summed E-state index contributed by atoms with van der Waals surface area (Å²) in [7, 11) is 0. The number of hydrogen-bond donors (Lipinski definition) is 1. The summed E-state index contributed by atoms with van der Waals surface area (Å²) in [5.74, 6) is 0.592. The first-order chi connectivity index (χ1) is 13.8. The number of benzene rings is 3. The molecule has 1 N–H and O–H groups in total. The monoisotopic (exact) mass is 385 g/mol. The Labute approximate surface area is 167 Å². The lowest BCUT2D eigenvalue weighted by Crippen LogP contribution is -2.20. The van der Waals surface area contributed by atoms with Gasteiger partial charge in [-0.25, -0.2) is 0 Å². The van der Waals surface area contributed by atoms with Crippen molar-refractivity contribution >= 4 is 23.2 Å². The standard InChI is InChI=1S/C22H16ClN5/c23-19-9-5-4-8-18(19)21-14-20(24-22-25-26-27-28(21)22)17-12-10-16(11-13-17)15-6-2-1-3-7-15/h1-14,21H,(H,24,25,27). The predicted octanol–water partition coefficient (Wildman–Crippen LogP) is 5.05. The maximum atomic E-state index is 6.44. The van der Waals surface area contributed by atoms with Crippen LogP contribution in [0.2, 0.25) is 5.02 Å². The van der Waals surface area contributed by atoms with Gasteiger partial charge in [0, 0.05) is 10.7 Å². The summed E-state index contributed by atoms with van der Waals surface area (Å²) in [5.41, 5.74) is 5.33. The van der Waals surface area contributed by atoms with Crippen LogP contribution in [-0.2, 0) is 0 Å². The number of halogens is 1. The van der Waals surface area contributed by atoms with Crippen LogP contribution in [0.1, 0.15) is 17.2 Å². The molecule has 136 valence electrons. The Morgan fingerprint density at radius 1 is 0.786 bits per heavy atom. The minimum Gasteiger partial charge on any atom is -0.323 e. The van der Waals surface area contributed by atoms with Gasteiger partial charge in [-0.15, -0.1) is 0 Å². The van der Waals surface area contributed by atoms with E-state index in [-0.39, 0.29) is 6.04 Å². The lowest BCUT2D eigenvalue weighted by Gasteiger charge is -2.24. The van der Waals surface area contributed by atoms with Gasteiger partial charge in [-0.3, -0.25) is 0 Å². The second kappa shape index (κ2) is 6.94. The highest BCUT2D eigenvalue weighted by atomic mass is 35.5. The summed E-state index contributed by atoms with van der Waals surface area (Å²) in [6, 6.07) is 26.3. The van der Waals surface area contributed by atoms with E-state index in [1.54, 1.807) is 4.68 Å². The van der Waals surface area contributed by atoms with Crippen molar-refractivity contribution in [3.8, 4) is 11.1 Å². The summed E-state index contributed by atoms with van der Waals surface area (Å²) in [4.78, 5) is 0. The largest absolute Gasteiger partial charge is 0.323 e. The summed E-state index contributed by atoms with van der Waals surface area (Å²) < 4.78 is 1.74. The quantitative estimate of drug-likeness (QED) is 0.536. The molecule has 0 saturated heterocycles. The van der Waals surface area contributed by atoms with Gasteiger partial charge in [0.2, 0.25) is 5.95 Å². The zero-order chi connectivity index (χ0) is 18.9. The van der Waals surface area contributed by atoms with Crippen LogP contribution in [0.3, 0.4) is 0 Å². The van der Waals surface area contributed by atoms with Crippen molar-refractivity contribution in [2.75, 3.05) is 5.32 Å². The third-order valence-electron chi connectivity index (χ3n) is 4.85. The molecule has 0 radical (unpaired) electrons. The van der Waals surface area contributed by atoms with Crippen LogP contribution in [0.4, 0.5) is 5.95 Å². The Morgan fingerprint density at radius 2 is 1.46 bits per heavy atom. The van der Waals surface area contributed by atoms with Crippen molar-refractivity contribution < 1.29 is 0 Å². The molecule has 5 rings (SSSR count). The van der Waals surface area contributed by atoms with E-state index >= 15 is 0 Å². The molecule has 0 fully saturated rings. The summed E-state index contributed by atoms with van der Waals surface area (Å²) in [5, 5.41) is 16.1.